The topological polar surface area (TPSA) is 30.7 Å². The van der Waals surface area contributed by atoms with Gasteiger partial charge in [0.25, 0.3) is 0 Å². The van der Waals surface area contributed by atoms with Crippen molar-refractivity contribution in [3.05, 3.63) is 151 Å². The summed E-state index contributed by atoms with van der Waals surface area (Å²) in [5.41, 5.74) is 12.4. The van der Waals surface area contributed by atoms with Crippen molar-refractivity contribution < 1.29 is 0 Å². The molecule has 9 aromatic rings. The van der Waals surface area contributed by atoms with Crippen LogP contribution in [-0.2, 0) is 10.8 Å². The van der Waals surface area contributed by atoms with Gasteiger partial charge in [0, 0.05) is 27.6 Å². The van der Waals surface area contributed by atoms with Crippen molar-refractivity contribution in [3.8, 4) is 28.2 Å². The molecule has 0 aliphatic heterocycles. The molecule has 0 saturated carbocycles. The Balaban J connectivity index is 1.35. The SMILES string of the molecule is CC1(C)CCC(C)(C)c2cc3c(cc21)c1c2ccccc2ccc1n3-c1cc(-c2nc3ccccc3nc2-c2ccccc2)c2ccccc2c1. The molecule has 0 amide bonds. The standard InChI is InChI=1S/C48H39N3/c1-47(2)24-25-48(3,4)39-29-43-37(28-38(39)47)44-35-19-11-8-14-30(35)22-23-42(44)51(43)33-26-32-17-9-10-18-34(32)36(27-33)46-45(31-15-6-5-7-16-31)49-40-20-12-13-21-41(40)50-46/h5-23,26-29H,24-25H2,1-4H3. The fourth-order valence-electron chi connectivity index (χ4n) is 8.73. The summed E-state index contributed by atoms with van der Waals surface area (Å²) in [6.07, 6.45) is 2.35. The Hall–Kier alpha value is -5.80. The highest BCUT2D eigenvalue weighted by atomic mass is 15.0. The van der Waals surface area contributed by atoms with Crippen molar-refractivity contribution in [1.29, 1.82) is 0 Å². The van der Waals surface area contributed by atoms with E-state index in [4.69, 9.17) is 9.97 Å². The molecule has 10 rings (SSSR count). The zero-order chi connectivity index (χ0) is 34.5. The highest BCUT2D eigenvalue weighted by Gasteiger charge is 2.38. The fraction of sp³-hybridized carbons (Fsp3) is 0.167. The van der Waals surface area contributed by atoms with Crippen LogP contribution in [0.25, 0.3) is 82.6 Å². The van der Waals surface area contributed by atoms with Crippen molar-refractivity contribution in [1.82, 2.24) is 14.5 Å². The number of aromatic nitrogens is 3. The summed E-state index contributed by atoms with van der Waals surface area (Å²) in [4.78, 5) is 10.6. The summed E-state index contributed by atoms with van der Waals surface area (Å²) in [6.45, 7) is 9.70. The fourth-order valence-corrected chi connectivity index (χ4v) is 8.73. The van der Waals surface area contributed by atoms with Gasteiger partial charge in [-0.05, 0) is 98.8 Å². The van der Waals surface area contributed by atoms with Crippen LogP contribution in [0.3, 0.4) is 0 Å². The molecule has 3 nitrogen and oxygen atoms in total. The summed E-state index contributed by atoms with van der Waals surface area (Å²) in [6, 6.07) is 50.7. The van der Waals surface area contributed by atoms with Crippen LogP contribution in [0.2, 0.25) is 0 Å². The van der Waals surface area contributed by atoms with Crippen LogP contribution >= 0.6 is 0 Å². The first-order valence-electron chi connectivity index (χ1n) is 18.1. The first kappa shape index (κ1) is 30.1. The Morgan fingerprint density at radius 3 is 1.84 bits per heavy atom. The molecule has 1 aliphatic rings. The zero-order valence-electron chi connectivity index (χ0n) is 29.5. The minimum atomic E-state index is 0.0855. The van der Waals surface area contributed by atoms with E-state index >= 15 is 0 Å². The quantitative estimate of drug-likeness (QED) is 0.189. The monoisotopic (exact) mass is 657 g/mol. The van der Waals surface area contributed by atoms with Crippen LogP contribution in [0.1, 0.15) is 51.7 Å². The predicted molar refractivity (Wildman–Crippen MR) is 215 cm³/mol. The molecule has 0 spiro atoms. The molecule has 2 aromatic heterocycles. The van der Waals surface area contributed by atoms with Crippen molar-refractivity contribution in [3.63, 3.8) is 0 Å². The number of fused-ring (bicyclic) bond motifs is 8. The largest absolute Gasteiger partial charge is 0.309 e. The highest BCUT2D eigenvalue weighted by Crippen LogP contribution is 2.49. The first-order valence-corrected chi connectivity index (χ1v) is 18.1. The highest BCUT2D eigenvalue weighted by molar-refractivity contribution is 6.22. The lowest BCUT2D eigenvalue weighted by atomic mass is 9.63. The van der Waals surface area contributed by atoms with Gasteiger partial charge in [-0.1, -0.05) is 125 Å². The van der Waals surface area contributed by atoms with E-state index in [9.17, 15) is 0 Å². The van der Waals surface area contributed by atoms with Gasteiger partial charge in [-0.25, -0.2) is 9.97 Å². The molecule has 1 aliphatic carbocycles. The van der Waals surface area contributed by atoms with Crippen LogP contribution in [0.5, 0.6) is 0 Å². The summed E-state index contributed by atoms with van der Waals surface area (Å²) < 4.78 is 2.52. The van der Waals surface area contributed by atoms with Gasteiger partial charge in [0.05, 0.1) is 33.5 Å². The lowest BCUT2D eigenvalue weighted by Gasteiger charge is -2.42. The van der Waals surface area contributed by atoms with E-state index in [1.54, 1.807) is 0 Å². The third-order valence-electron chi connectivity index (χ3n) is 11.6. The molecule has 0 fully saturated rings. The number of nitrogens with zero attached hydrogens (tertiary/aromatic N) is 3. The first-order chi connectivity index (χ1) is 24.8. The molecule has 3 heteroatoms. The van der Waals surface area contributed by atoms with E-state index in [1.165, 1.54) is 61.9 Å². The van der Waals surface area contributed by atoms with E-state index < -0.39 is 0 Å². The summed E-state index contributed by atoms with van der Waals surface area (Å²) in [7, 11) is 0. The molecule has 0 atom stereocenters. The third kappa shape index (κ3) is 4.57. The molecule has 0 saturated heterocycles. The Bertz CT molecular complexity index is 2860. The van der Waals surface area contributed by atoms with Gasteiger partial charge in [-0.2, -0.15) is 0 Å². The molecule has 51 heavy (non-hydrogen) atoms. The predicted octanol–water partition coefficient (Wildman–Crippen LogP) is 12.7. The molecule has 0 unspecified atom stereocenters. The summed E-state index contributed by atoms with van der Waals surface area (Å²) in [5.74, 6) is 0. The number of rotatable bonds is 3. The minimum absolute atomic E-state index is 0.0855. The number of benzene rings is 7. The maximum absolute atomic E-state index is 5.38. The van der Waals surface area contributed by atoms with Gasteiger partial charge in [0.1, 0.15) is 0 Å². The average molecular weight is 658 g/mol. The van der Waals surface area contributed by atoms with Gasteiger partial charge in [0.2, 0.25) is 0 Å². The van der Waals surface area contributed by atoms with Crippen LogP contribution in [0.15, 0.2) is 140 Å². The summed E-state index contributed by atoms with van der Waals surface area (Å²) >= 11 is 0. The van der Waals surface area contributed by atoms with E-state index in [1.807, 2.05) is 12.1 Å². The molecule has 0 radical (unpaired) electrons. The van der Waals surface area contributed by atoms with Gasteiger partial charge >= 0.3 is 0 Å². The van der Waals surface area contributed by atoms with Crippen LogP contribution < -0.4 is 0 Å². The van der Waals surface area contributed by atoms with E-state index in [0.717, 1.165) is 44.6 Å². The second kappa shape index (κ2) is 10.8. The van der Waals surface area contributed by atoms with E-state index in [0.29, 0.717) is 0 Å². The van der Waals surface area contributed by atoms with Crippen LogP contribution in [0.4, 0.5) is 0 Å². The maximum Gasteiger partial charge on any atom is 0.0980 e. The second-order valence-corrected chi connectivity index (χ2v) is 15.7. The summed E-state index contributed by atoms with van der Waals surface area (Å²) in [5, 5.41) is 7.52. The van der Waals surface area contributed by atoms with Crippen molar-refractivity contribution in [2.24, 2.45) is 0 Å². The Morgan fingerprint density at radius 1 is 0.490 bits per heavy atom. The number of para-hydroxylation sites is 2. The molecule has 246 valence electrons. The van der Waals surface area contributed by atoms with Gasteiger partial charge in [0.15, 0.2) is 0 Å². The van der Waals surface area contributed by atoms with Crippen LogP contribution in [0, 0.1) is 0 Å². The second-order valence-electron chi connectivity index (χ2n) is 15.7. The number of hydrogen-bond donors (Lipinski definition) is 0. The Morgan fingerprint density at radius 2 is 1.10 bits per heavy atom. The normalized spacial score (nSPS) is 15.2. The molecular formula is C48H39N3. The average Bonchev–Trinajstić information content (AvgIpc) is 3.50. The lowest BCUT2D eigenvalue weighted by molar-refractivity contribution is 0.332. The van der Waals surface area contributed by atoms with Gasteiger partial charge in [-0.15, -0.1) is 0 Å². The van der Waals surface area contributed by atoms with Crippen molar-refractivity contribution in [2.45, 2.75) is 51.4 Å². The van der Waals surface area contributed by atoms with Gasteiger partial charge < -0.3 is 4.57 Å². The zero-order valence-corrected chi connectivity index (χ0v) is 29.5. The number of hydrogen-bond acceptors (Lipinski definition) is 2. The maximum atomic E-state index is 5.38. The molecule has 0 N–H and O–H groups in total. The van der Waals surface area contributed by atoms with E-state index in [-0.39, 0.29) is 10.8 Å². The van der Waals surface area contributed by atoms with Crippen molar-refractivity contribution >= 4 is 54.4 Å². The molecule has 0 bridgehead atoms. The molecule has 2 heterocycles. The van der Waals surface area contributed by atoms with Crippen LogP contribution in [-0.4, -0.2) is 14.5 Å². The van der Waals surface area contributed by atoms with Crippen molar-refractivity contribution in [2.75, 3.05) is 0 Å². The third-order valence-corrected chi connectivity index (χ3v) is 11.6. The minimum Gasteiger partial charge on any atom is -0.309 e. The smallest absolute Gasteiger partial charge is 0.0980 e. The molecular weight excluding hydrogens is 619 g/mol. The lowest BCUT2D eigenvalue weighted by Crippen LogP contribution is -2.33. The molecule has 7 aromatic carbocycles. The Labute approximate surface area is 298 Å². The van der Waals surface area contributed by atoms with Gasteiger partial charge in [-0.3, -0.25) is 0 Å². The Kier molecular flexibility index (Phi) is 6.39. The van der Waals surface area contributed by atoms with E-state index in [2.05, 4.69) is 160 Å².